The summed E-state index contributed by atoms with van der Waals surface area (Å²) in [6.07, 6.45) is 5.80. The number of nitrogens with zero attached hydrogens (tertiary/aromatic N) is 2. The zero-order valence-electron chi connectivity index (χ0n) is 9.33. The molecule has 0 amide bonds. The molecule has 1 aromatic rings. The second-order valence-corrected chi connectivity index (χ2v) is 4.74. The molecule has 1 saturated heterocycles. The van der Waals surface area contributed by atoms with Gasteiger partial charge in [-0.1, -0.05) is 18.0 Å². The summed E-state index contributed by atoms with van der Waals surface area (Å²) in [5.74, 6) is 0. The standard InChI is InChI=1S/C12H17ClN2/c1-9-7-12(13)14-8-10(9)11-5-3-4-6-15(11)2/h7-8,11H,3-6H2,1-2H3. The third-order valence-electron chi connectivity index (χ3n) is 3.25. The summed E-state index contributed by atoms with van der Waals surface area (Å²) < 4.78 is 0. The Morgan fingerprint density at radius 1 is 1.47 bits per heavy atom. The number of aromatic nitrogens is 1. The maximum Gasteiger partial charge on any atom is 0.129 e. The number of rotatable bonds is 1. The van der Waals surface area contributed by atoms with Crippen molar-refractivity contribution in [3.8, 4) is 0 Å². The van der Waals surface area contributed by atoms with Crippen molar-refractivity contribution in [2.24, 2.45) is 0 Å². The van der Waals surface area contributed by atoms with Crippen LogP contribution in [-0.4, -0.2) is 23.5 Å². The van der Waals surface area contributed by atoms with Gasteiger partial charge in [-0.15, -0.1) is 0 Å². The van der Waals surface area contributed by atoms with Gasteiger partial charge >= 0.3 is 0 Å². The van der Waals surface area contributed by atoms with E-state index in [2.05, 4.69) is 23.9 Å². The van der Waals surface area contributed by atoms with Crippen LogP contribution in [0.4, 0.5) is 0 Å². The highest BCUT2D eigenvalue weighted by Gasteiger charge is 2.22. The molecule has 0 saturated carbocycles. The van der Waals surface area contributed by atoms with Crippen molar-refractivity contribution in [1.82, 2.24) is 9.88 Å². The molecule has 1 unspecified atom stereocenters. The van der Waals surface area contributed by atoms with E-state index in [0.29, 0.717) is 11.2 Å². The smallest absolute Gasteiger partial charge is 0.129 e. The summed E-state index contributed by atoms with van der Waals surface area (Å²) in [5.41, 5.74) is 2.59. The molecule has 0 spiro atoms. The molecule has 2 nitrogen and oxygen atoms in total. The lowest BCUT2D eigenvalue weighted by atomic mass is 9.94. The van der Waals surface area contributed by atoms with Gasteiger partial charge < -0.3 is 0 Å². The quantitative estimate of drug-likeness (QED) is 0.681. The van der Waals surface area contributed by atoms with E-state index in [1.165, 1.54) is 36.9 Å². The Labute approximate surface area is 96.3 Å². The highest BCUT2D eigenvalue weighted by atomic mass is 35.5. The molecule has 82 valence electrons. The van der Waals surface area contributed by atoms with Crippen LogP contribution in [0.1, 0.15) is 36.4 Å². The fourth-order valence-electron chi connectivity index (χ4n) is 2.35. The molecule has 1 fully saturated rings. The topological polar surface area (TPSA) is 16.1 Å². The number of piperidine rings is 1. The van der Waals surface area contributed by atoms with Crippen molar-refractivity contribution in [3.63, 3.8) is 0 Å². The molecule has 1 aliphatic heterocycles. The molecule has 2 rings (SSSR count). The van der Waals surface area contributed by atoms with E-state index >= 15 is 0 Å². The van der Waals surface area contributed by atoms with Crippen molar-refractivity contribution >= 4 is 11.6 Å². The minimum Gasteiger partial charge on any atom is -0.299 e. The van der Waals surface area contributed by atoms with Crippen LogP contribution in [0, 0.1) is 6.92 Å². The molecule has 15 heavy (non-hydrogen) atoms. The molecule has 0 bridgehead atoms. The van der Waals surface area contributed by atoms with Crippen LogP contribution in [0.5, 0.6) is 0 Å². The van der Waals surface area contributed by atoms with Crippen LogP contribution < -0.4 is 0 Å². The fourth-order valence-corrected chi connectivity index (χ4v) is 2.56. The highest BCUT2D eigenvalue weighted by Crippen LogP contribution is 2.31. The molecule has 0 aliphatic carbocycles. The summed E-state index contributed by atoms with van der Waals surface area (Å²) in [6, 6.07) is 2.49. The number of pyridine rings is 1. The molecule has 0 radical (unpaired) electrons. The van der Waals surface area contributed by atoms with Crippen molar-refractivity contribution in [2.75, 3.05) is 13.6 Å². The lowest BCUT2D eigenvalue weighted by Gasteiger charge is -2.33. The summed E-state index contributed by atoms with van der Waals surface area (Å²) >= 11 is 5.87. The average Bonchev–Trinajstić information content (AvgIpc) is 2.20. The van der Waals surface area contributed by atoms with E-state index in [4.69, 9.17) is 11.6 Å². The Morgan fingerprint density at radius 2 is 2.27 bits per heavy atom. The largest absolute Gasteiger partial charge is 0.299 e. The molecule has 1 atom stereocenters. The summed E-state index contributed by atoms with van der Waals surface area (Å²) in [7, 11) is 2.19. The molecule has 2 heterocycles. The van der Waals surface area contributed by atoms with Gasteiger partial charge in [-0.3, -0.25) is 4.90 Å². The third kappa shape index (κ3) is 2.32. The van der Waals surface area contributed by atoms with Gasteiger partial charge in [0.15, 0.2) is 0 Å². The number of hydrogen-bond donors (Lipinski definition) is 0. The second-order valence-electron chi connectivity index (χ2n) is 4.36. The fraction of sp³-hybridized carbons (Fsp3) is 0.583. The Hall–Kier alpha value is -0.600. The highest BCUT2D eigenvalue weighted by molar-refractivity contribution is 6.29. The Morgan fingerprint density at radius 3 is 2.93 bits per heavy atom. The van der Waals surface area contributed by atoms with Gasteiger partial charge in [0.1, 0.15) is 5.15 Å². The number of aryl methyl sites for hydroxylation is 1. The molecule has 3 heteroatoms. The molecule has 0 aromatic carbocycles. The maximum atomic E-state index is 5.87. The summed E-state index contributed by atoms with van der Waals surface area (Å²) in [5, 5.41) is 0.592. The van der Waals surface area contributed by atoms with E-state index in [1.807, 2.05) is 12.3 Å². The van der Waals surface area contributed by atoms with Gasteiger partial charge in [-0.05, 0) is 50.6 Å². The predicted molar refractivity (Wildman–Crippen MR) is 63.2 cm³/mol. The lowest BCUT2D eigenvalue weighted by Crippen LogP contribution is -2.30. The summed E-state index contributed by atoms with van der Waals surface area (Å²) in [6.45, 7) is 3.30. The Kier molecular flexibility index (Phi) is 3.27. The van der Waals surface area contributed by atoms with Crippen LogP contribution in [0.2, 0.25) is 5.15 Å². The first kappa shape index (κ1) is 10.9. The molecule has 1 aliphatic rings. The molecule has 1 aromatic heterocycles. The molecular formula is C12H17ClN2. The SMILES string of the molecule is Cc1cc(Cl)ncc1C1CCCCN1C. The van der Waals surface area contributed by atoms with Gasteiger partial charge in [0.05, 0.1) is 0 Å². The predicted octanol–water partition coefficient (Wildman–Crippen LogP) is 3.20. The lowest BCUT2D eigenvalue weighted by molar-refractivity contribution is 0.186. The van der Waals surface area contributed by atoms with E-state index < -0.39 is 0 Å². The first-order valence-electron chi connectivity index (χ1n) is 5.51. The third-order valence-corrected chi connectivity index (χ3v) is 3.45. The van der Waals surface area contributed by atoms with E-state index in [1.54, 1.807) is 0 Å². The monoisotopic (exact) mass is 224 g/mol. The van der Waals surface area contributed by atoms with Crippen molar-refractivity contribution in [2.45, 2.75) is 32.2 Å². The van der Waals surface area contributed by atoms with Gasteiger partial charge in [0.25, 0.3) is 0 Å². The molecular weight excluding hydrogens is 208 g/mol. The average molecular weight is 225 g/mol. The van der Waals surface area contributed by atoms with Crippen LogP contribution in [0.3, 0.4) is 0 Å². The first-order chi connectivity index (χ1) is 7.18. The zero-order valence-corrected chi connectivity index (χ0v) is 10.1. The van der Waals surface area contributed by atoms with E-state index in [0.717, 1.165) is 0 Å². The normalized spacial score (nSPS) is 23.0. The van der Waals surface area contributed by atoms with Gasteiger partial charge in [-0.2, -0.15) is 0 Å². The number of hydrogen-bond acceptors (Lipinski definition) is 2. The summed E-state index contributed by atoms with van der Waals surface area (Å²) in [4.78, 5) is 6.61. The van der Waals surface area contributed by atoms with Crippen molar-refractivity contribution in [3.05, 3.63) is 28.5 Å². The second kappa shape index (κ2) is 4.50. The Bertz CT molecular complexity index is 351. The van der Waals surface area contributed by atoms with Crippen LogP contribution in [-0.2, 0) is 0 Å². The minimum atomic E-state index is 0.531. The number of likely N-dealkylation sites (tertiary alicyclic amines) is 1. The van der Waals surface area contributed by atoms with Gasteiger partial charge in [0.2, 0.25) is 0 Å². The van der Waals surface area contributed by atoms with Gasteiger partial charge in [-0.25, -0.2) is 4.98 Å². The van der Waals surface area contributed by atoms with Crippen LogP contribution >= 0.6 is 11.6 Å². The van der Waals surface area contributed by atoms with Crippen LogP contribution in [0.15, 0.2) is 12.3 Å². The minimum absolute atomic E-state index is 0.531. The van der Waals surface area contributed by atoms with Crippen molar-refractivity contribution in [1.29, 1.82) is 0 Å². The van der Waals surface area contributed by atoms with E-state index in [-0.39, 0.29) is 0 Å². The van der Waals surface area contributed by atoms with Gasteiger partial charge in [0, 0.05) is 12.2 Å². The molecule has 0 N–H and O–H groups in total. The Balaban J connectivity index is 2.27. The van der Waals surface area contributed by atoms with E-state index in [9.17, 15) is 0 Å². The van der Waals surface area contributed by atoms with Crippen molar-refractivity contribution < 1.29 is 0 Å². The maximum absolute atomic E-state index is 5.87. The zero-order chi connectivity index (χ0) is 10.8. The first-order valence-corrected chi connectivity index (χ1v) is 5.88. The number of halogens is 1. The van der Waals surface area contributed by atoms with Crippen LogP contribution in [0.25, 0.3) is 0 Å².